The molecule has 0 aliphatic rings. The molecule has 3 aromatic carbocycles. The minimum atomic E-state index is -5.77. The fraction of sp³-hybridized carbons (Fsp3) is 0.154. The monoisotopic (exact) mass is 572 g/mol. The second-order valence-corrected chi connectivity index (χ2v) is 9.42. The van der Waals surface area contributed by atoms with Gasteiger partial charge in [-0.25, -0.2) is 0 Å². The maximum Gasteiger partial charge on any atom is 0.420 e. The standard InChI is InChI=1S/C26H13F9N2OS/c1-12-17(24(27,28)29)11-18(25(30,31)32)20(26(33,34)35)22(12)38-23-16-10-14-6-3-2-5-13(14)9-15(16)21(36-37-23)19-7-4-8-39-19/h2-11H,1H3. The Labute approximate surface area is 217 Å². The summed E-state index contributed by atoms with van der Waals surface area (Å²) in [5.41, 5.74) is -7.71. The third-order valence-corrected chi connectivity index (χ3v) is 6.87. The van der Waals surface area contributed by atoms with Gasteiger partial charge in [0.15, 0.2) is 0 Å². The fourth-order valence-electron chi connectivity index (χ4n) is 4.27. The van der Waals surface area contributed by atoms with Crippen LogP contribution in [0.1, 0.15) is 22.3 Å². The van der Waals surface area contributed by atoms with Crippen molar-refractivity contribution in [3.63, 3.8) is 0 Å². The molecule has 0 radical (unpaired) electrons. The average Bonchev–Trinajstić information content (AvgIpc) is 3.36. The number of alkyl halides is 9. The van der Waals surface area contributed by atoms with Crippen LogP contribution in [0.3, 0.4) is 0 Å². The van der Waals surface area contributed by atoms with Crippen molar-refractivity contribution in [3.05, 3.63) is 82.2 Å². The number of halogens is 9. The number of rotatable bonds is 3. The Balaban J connectivity index is 1.84. The van der Waals surface area contributed by atoms with E-state index in [2.05, 4.69) is 10.2 Å². The van der Waals surface area contributed by atoms with E-state index in [1.54, 1.807) is 47.8 Å². The van der Waals surface area contributed by atoms with Gasteiger partial charge in [0.25, 0.3) is 0 Å². The van der Waals surface area contributed by atoms with Crippen LogP contribution < -0.4 is 4.74 Å². The minimum Gasteiger partial charge on any atom is -0.436 e. The molecule has 0 atom stereocenters. The van der Waals surface area contributed by atoms with Gasteiger partial charge >= 0.3 is 18.5 Å². The quantitative estimate of drug-likeness (QED) is 0.160. The first kappa shape index (κ1) is 26.7. The van der Waals surface area contributed by atoms with E-state index < -0.39 is 58.5 Å². The summed E-state index contributed by atoms with van der Waals surface area (Å²) in [5.74, 6) is -2.34. The second-order valence-electron chi connectivity index (χ2n) is 8.47. The maximum atomic E-state index is 14.0. The zero-order chi connectivity index (χ0) is 28.3. The first-order valence-corrected chi connectivity index (χ1v) is 11.8. The molecule has 0 saturated heterocycles. The van der Waals surface area contributed by atoms with E-state index in [1.165, 1.54) is 17.4 Å². The van der Waals surface area contributed by atoms with Crippen LogP contribution in [-0.4, -0.2) is 10.2 Å². The predicted molar refractivity (Wildman–Crippen MR) is 127 cm³/mol. The highest BCUT2D eigenvalue weighted by atomic mass is 32.1. The van der Waals surface area contributed by atoms with Gasteiger partial charge in [-0.1, -0.05) is 30.3 Å². The molecule has 0 amide bonds. The van der Waals surface area contributed by atoms with Crippen LogP contribution in [0.4, 0.5) is 39.5 Å². The van der Waals surface area contributed by atoms with Crippen LogP contribution >= 0.6 is 11.3 Å². The van der Waals surface area contributed by atoms with Crippen LogP contribution in [0, 0.1) is 6.92 Å². The van der Waals surface area contributed by atoms with Crippen molar-refractivity contribution in [2.75, 3.05) is 0 Å². The Kier molecular flexibility index (Phi) is 6.24. The molecule has 3 nitrogen and oxygen atoms in total. The van der Waals surface area contributed by atoms with Crippen LogP contribution in [0.15, 0.2) is 60.0 Å². The number of nitrogens with zero attached hydrogens (tertiary/aromatic N) is 2. The molecular formula is C26H13F9N2OS. The van der Waals surface area contributed by atoms with Gasteiger partial charge in [0.2, 0.25) is 5.88 Å². The fourth-order valence-corrected chi connectivity index (χ4v) is 4.99. The molecule has 13 heteroatoms. The normalized spacial score (nSPS) is 12.9. The first-order valence-electron chi connectivity index (χ1n) is 11.0. The van der Waals surface area contributed by atoms with Gasteiger partial charge < -0.3 is 4.74 Å². The highest BCUT2D eigenvalue weighted by molar-refractivity contribution is 7.13. The highest BCUT2D eigenvalue weighted by Gasteiger charge is 2.49. The van der Waals surface area contributed by atoms with Gasteiger partial charge in [-0.15, -0.1) is 21.5 Å². The van der Waals surface area contributed by atoms with Crippen LogP contribution in [0.2, 0.25) is 0 Å². The summed E-state index contributed by atoms with van der Waals surface area (Å²) in [4.78, 5) is 0.625. The number of hydrogen-bond donors (Lipinski definition) is 0. The zero-order valence-electron chi connectivity index (χ0n) is 19.4. The molecule has 0 fully saturated rings. The van der Waals surface area contributed by atoms with Crippen molar-refractivity contribution >= 4 is 32.9 Å². The number of benzene rings is 3. The van der Waals surface area contributed by atoms with Gasteiger partial charge in [-0.05, 0) is 47.3 Å². The van der Waals surface area contributed by atoms with Crippen molar-refractivity contribution in [3.8, 4) is 22.2 Å². The van der Waals surface area contributed by atoms with Crippen LogP contribution in [0.5, 0.6) is 11.6 Å². The number of hydrogen-bond acceptors (Lipinski definition) is 4. The van der Waals surface area contributed by atoms with E-state index in [4.69, 9.17) is 4.74 Å². The Bertz CT molecular complexity index is 1710. The molecule has 0 unspecified atom stereocenters. The van der Waals surface area contributed by atoms with E-state index >= 15 is 0 Å². The average molecular weight is 572 g/mol. The van der Waals surface area contributed by atoms with Gasteiger partial charge in [0.1, 0.15) is 17.0 Å². The summed E-state index contributed by atoms with van der Waals surface area (Å²) in [6, 6.07) is 12.8. The topological polar surface area (TPSA) is 35.0 Å². The third-order valence-electron chi connectivity index (χ3n) is 5.99. The lowest BCUT2D eigenvalue weighted by Crippen LogP contribution is -2.21. The van der Waals surface area contributed by atoms with Gasteiger partial charge in [-0.2, -0.15) is 39.5 Å². The van der Waals surface area contributed by atoms with Gasteiger partial charge in [0.05, 0.1) is 16.0 Å². The molecule has 2 aromatic heterocycles. The van der Waals surface area contributed by atoms with Gasteiger partial charge in [0, 0.05) is 16.3 Å². The summed E-state index contributed by atoms with van der Waals surface area (Å²) in [6.07, 6.45) is -16.9. The summed E-state index contributed by atoms with van der Waals surface area (Å²) >= 11 is 1.28. The molecule has 39 heavy (non-hydrogen) atoms. The lowest BCUT2D eigenvalue weighted by Gasteiger charge is -2.24. The molecule has 5 aromatic rings. The van der Waals surface area contributed by atoms with Crippen LogP contribution in [-0.2, 0) is 18.5 Å². The molecule has 0 spiro atoms. The Morgan fingerprint density at radius 3 is 1.85 bits per heavy atom. The van der Waals surface area contributed by atoms with Crippen molar-refractivity contribution in [1.29, 1.82) is 0 Å². The highest BCUT2D eigenvalue weighted by Crippen LogP contribution is 2.51. The summed E-state index contributed by atoms with van der Waals surface area (Å²) < 4.78 is 129. The minimum absolute atomic E-state index is 0.0468. The smallest absolute Gasteiger partial charge is 0.420 e. The molecule has 2 heterocycles. The van der Waals surface area contributed by atoms with E-state index in [-0.39, 0.29) is 5.39 Å². The third kappa shape index (κ3) is 4.86. The van der Waals surface area contributed by atoms with Crippen molar-refractivity contribution in [2.45, 2.75) is 25.5 Å². The maximum absolute atomic E-state index is 14.0. The predicted octanol–water partition coefficient (Wildman–Crippen LogP) is 9.67. The Morgan fingerprint density at radius 1 is 0.692 bits per heavy atom. The van der Waals surface area contributed by atoms with Gasteiger partial charge in [-0.3, -0.25) is 0 Å². The van der Waals surface area contributed by atoms with Crippen molar-refractivity contribution < 1.29 is 44.3 Å². The number of thiophene rings is 1. The second kappa shape index (κ2) is 9.11. The summed E-state index contributed by atoms with van der Waals surface area (Å²) in [7, 11) is 0. The van der Waals surface area contributed by atoms with E-state index in [0.717, 1.165) is 0 Å². The molecule has 5 rings (SSSR count). The number of fused-ring (bicyclic) bond motifs is 2. The van der Waals surface area contributed by atoms with Crippen LogP contribution in [0.25, 0.3) is 32.1 Å². The summed E-state index contributed by atoms with van der Waals surface area (Å²) in [6.45, 7) is 0.610. The molecule has 0 aliphatic carbocycles. The largest absolute Gasteiger partial charge is 0.436 e. The van der Waals surface area contributed by atoms with E-state index in [9.17, 15) is 39.5 Å². The molecule has 0 N–H and O–H groups in total. The zero-order valence-corrected chi connectivity index (χ0v) is 20.2. The molecule has 0 aliphatic heterocycles. The molecule has 0 saturated carbocycles. The lowest BCUT2D eigenvalue weighted by molar-refractivity contribution is -0.164. The molecule has 0 bridgehead atoms. The Hall–Kier alpha value is -3.87. The van der Waals surface area contributed by atoms with Crippen molar-refractivity contribution in [1.82, 2.24) is 10.2 Å². The number of aromatic nitrogens is 2. The SMILES string of the molecule is Cc1c(C(F)(F)F)cc(C(F)(F)F)c(C(F)(F)F)c1Oc1nnc(-c2cccs2)c2cc3ccccc3cc12. The molecule has 202 valence electrons. The summed E-state index contributed by atoms with van der Waals surface area (Å²) in [5, 5.41) is 11.2. The Morgan fingerprint density at radius 2 is 1.31 bits per heavy atom. The molecular weight excluding hydrogens is 559 g/mol. The van der Waals surface area contributed by atoms with E-state index in [0.29, 0.717) is 33.7 Å². The first-order chi connectivity index (χ1) is 18.2. The lowest BCUT2D eigenvalue weighted by atomic mass is 9.96. The number of ether oxygens (including phenoxy) is 1. The van der Waals surface area contributed by atoms with Crippen molar-refractivity contribution in [2.24, 2.45) is 0 Å². The van der Waals surface area contributed by atoms with E-state index in [1.807, 2.05) is 0 Å².